The van der Waals surface area contributed by atoms with Crippen molar-refractivity contribution in [1.29, 1.82) is 0 Å². The van der Waals surface area contributed by atoms with Crippen LogP contribution in [0.3, 0.4) is 0 Å². The zero-order valence-corrected chi connectivity index (χ0v) is 14.4. The number of nitrogens with one attached hydrogen (secondary N) is 3. The van der Waals surface area contributed by atoms with Crippen molar-refractivity contribution >= 4 is 51.6 Å². The lowest BCUT2D eigenvalue weighted by atomic mass is 10.0. The van der Waals surface area contributed by atoms with E-state index in [1.807, 2.05) is 43.3 Å². The maximum atomic E-state index is 5.64. The Morgan fingerprint density at radius 1 is 1.18 bits per heavy atom. The van der Waals surface area contributed by atoms with E-state index < -0.39 is 0 Å². The van der Waals surface area contributed by atoms with E-state index in [-0.39, 0.29) is 6.04 Å². The average Bonchev–Trinajstić information content (AvgIpc) is 3.01. The molecule has 0 saturated heterocycles. The molecule has 2 heterocycles. The third-order valence-electron chi connectivity index (χ3n) is 3.37. The number of hydrogen-bond acceptors (Lipinski definition) is 3. The van der Waals surface area contributed by atoms with Crippen molar-refractivity contribution in [2.24, 2.45) is 0 Å². The molecular formula is C16H15N3S3. The number of benzene rings is 1. The average molecular weight is 346 g/mol. The van der Waals surface area contributed by atoms with Gasteiger partial charge in [0.25, 0.3) is 0 Å². The molecule has 1 aromatic carbocycles. The number of thiophene rings is 1. The van der Waals surface area contributed by atoms with Gasteiger partial charge >= 0.3 is 0 Å². The van der Waals surface area contributed by atoms with Gasteiger partial charge in [-0.25, -0.2) is 0 Å². The lowest BCUT2D eigenvalue weighted by Crippen LogP contribution is -2.45. The van der Waals surface area contributed by atoms with Crippen LogP contribution in [0.2, 0.25) is 0 Å². The highest BCUT2D eigenvalue weighted by atomic mass is 32.1. The lowest BCUT2D eigenvalue weighted by molar-refractivity contribution is 0.729. The van der Waals surface area contributed by atoms with Gasteiger partial charge in [-0.3, -0.25) is 0 Å². The van der Waals surface area contributed by atoms with E-state index in [0.29, 0.717) is 10.1 Å². The number of allylic oxidation sites excluding steroid dienone is 1. The van der Waals surface area contributed by atoms with Crippen molar-refractivity contribution in [3.05, 3.63) is 64.0 Å². The lowest BCUT2D eigenvalue weighted by Gasteiger charge is -2.30. The second-order valence-corrected chi connectivity index (χ2v) is 6.70. The van der Waals surface area contributed by atoms with Crippen molar-refractivity contribution in [3.8, 4) is 0 Å². The first kappa shape index (κ1) is 15.1. The first-order valence-electron chi connectivity index (χ1n) is 6.83. The molecule has 0 amide bonds. The number of thiocarbonyl (C=S) groups is 2. The first-order valence-corrected chi connectivity index (χ1v) is 8.53. The fourth-order valence-electron chi connectivity index (χ4n) is 2.38. The van der Waals surface area contributed by atoms with Gasteiger partial charge in [0.05, 0.1) is 6.04 Å². The van der Waals surface area contributed by atoms with Crippen LogP contribution in [0.1, 0.15) is 17.8 Å². The van der Waals surface area contributed by atoms with E-state index in [4.69, 9.17) is 24.4 Å². The van der Waals surface area contributed by atoms with E-state index in [1.165, 1.54) is 4.88 Å². The summed E-state index contributed by atoms with van der Waals surface area (Å²) in [5, 5.41) is 12.5. The Bertz CT molecular complexity index is 720. The summed E-state index contributed by atoms with van der Waals surface area (Å²) in [7, 11) is 0. The van der Waals surface area contributed by atoms with E-state index in [9.17, 15) is 0 Å². The van der Waals surface area contributed by atoms with E-state index >= 15 is 0 Å². The second-order valence-electron chi connectivity index (χ2n) is 4.91. The van der Waals surface area contributed by atoms with Crippen LogP contribution in [0.4, 0.5) is 5.69 Å². The highest BCUT2D eigenvalue weighted by Gasteiger charge is 2.28. The molecule has 0 saturated carbocycles. The molecule has 1 atom stereocenters. The van der Waals surface area contributed by atoms with Gasteiger partial charge in [-0.05, 0) is 42.7 Å². The van der Waals surface area contributed by atoms with Crippen molar-refractivity contribution in [3.63, 3.8) is 0 Å². The molecule has 112 valence electrons. The van der Waals surface area contributed by atoms with Gasteiger partial charge in [0, 0.05) is 21.8 Å². The number of para-hydroxylation sites is 1. The molecule has 22 heavy (non-hydrogen) atoms. The summed E-state index contributed by atoms with van der Waals surface area (Å²) in [6, 6.07) is 14.0. The van der Waals surface area contributed by atoms with Gasteiger partial charge in [-0.15, -0.1) is 11.3 Å². The molecule has 1 aromatic heterocycles. The molecule has 0 aliphatic carbocycles. The van der Waals surface area contributed by atoms with Crippen LogP contribution in [0, 0.1) is 0 Å². The predicted octanol–water partition coefficient (Wildman–Crippen LogP) is 3.98. The van der Waals surface area contributed by atoms with Crippen LogP contribution in [-0.2, 0) is 0 Å². The molecular weight excluding hydrogens is 330 g/mol. The molecule has 0 fully saturated rings. The molecule has 0 bridgehead atoms. The molecule has 0 spiro atoms. The maximum absolute atomic E-state index is 5.64. The normalized spacial score (nSPS) is 17.7. The third kappa shape index (κ3) is 3.19. The fourth-order valence-corrected chi connectivity index (χ4v) is 3.83. The van der Waals surface area contributed by atoms with Gasteiger partial charge in [0.1, 0.15) is 4.99 Å². The highest BCUT2D eigenvalue weighted by Crippen LogP contribution is 2.31. The predicted molar refractivity (Wildman–Crippen MR) is 101 cm³/mol. The topological polar surface area (TPSA) is 36.1 Å². The van der Waals surface area contributed by atoms with Crippen LogP contribution in [-0.4, -0.2) is 10.1 Å². The van der Waals surface area contributed by atoms with Crippen LogP contribution in [0.5, 0.6) is 0 Å². The largest absolute Gasteiger partial charge is 0.351 e. The Kier molecular flexibility index (Phi) is 4.52. The van der Waals surface area contributed by atoms with E-state index in [2.05, 4.69) is 27.4 Å². The molecule has 3 nitrogen and oxygen atoms in total. The first-order chi connectivity index (χ1) is 10.6. The number of rotatable bonds is 3. The minimum Gasteiger partial charge on any atom is -0.351 e. The molecule has 1 unspecified atom stereocenters. The summed E-state index contributed by atoms with van der Waals surface area (Å²) in [5.74, 6) is 0. The van der Waals surface area contributed by atoms with Gasteiger partial charge in [0.15, 0.2) is 5.11 Å². The monoisotopic (exact) mass is 345 g/mol. The van der Waals surface area contributed by atoms with Gasteiger partial charge in [-0.2, -0.15) is 0 Å². The quantitative estimate of drug-likeness (QED) is 0.734. The SMILES string of the molecule is CC1=C(C(=S)Nc2ccccc2)C(c2cccs2)NC(=S)N1. The molecule has 3 N–H and O–H groups in total. The minimum absolute atomic E-state index is 0.0162. The smallest absolute Gasteiger partial charge is 0.171 e. The van der Waals surface area contributed by atoms with E-state index in [0.717, 1.165) is 17.0 Å². The molecule has 0 radical (unpaired) electrons. The molecule has 1 aliphatic heterocycles. The third-order valence-corrected chi connectivity index (χ3v) is 4.85. The number of anilines is 1. The molecule has 3 rings (SSSR count). The van der Waals surface area contributed by atoms with Crippen LogP contribution in [0.25, 0.3) is 0 Å². The zero-order valence-electron chi connectivity index (χ0n) is 11.9. The Balaban J connectivity index is 1.92. The Morgan fingerprint density at radius 2 is 1.95 bits per heavy atom. The molecule has 1 aliphatic rings. The standard InChI is InChI=1S/C16H15N3S3/c1-10-13(15(20)18-11-6-3-2-4-7-11)14(19-16(21)17-10)12-8-5-9-22-12/h2-9,14H,1H3,(H,18,20)(H2,17,19,21). The van der Waals surface area contributed by atoms with Gasteiger partial charge in [0.2, 0.25) is 0 Å². The fraction of sp³-hybridized carbons (Fsp3) is 0.125. The van der Waals surface area contributed by atoms with Crippen LogP contribution >= 0.6 is 35.8 Å². The maximum Gasteiger partial charge on any atom is 0.171 e. The summed E-state index contributed by atoms with van der Waals surface area (Å²) in [4.78, 5) is 1.89. The summed E-state index contributed by atoms with van der Waals surface area (Å²) in [6.07, 6.45) is 0. The zero-order chi connectivity index (χ0) is 15.5. The molecule has 2 aromatic rings. The summed E-state index contributed by atoms with van der Waals surface area (Å²) in [6.45, 7) is 2.00. The Morgan fingerprint density at radius 3 is 2.64 bits per heavy atom. The van der Waals surface area contributed by atoms with Crippen LogP contribution < -0.4 is 16.0 Å². The highest BCUT2D eigenvalue weighted by molar-refractivity contribution is 7.81. The van der Waals surface area contributed by atoms with Gasteiger partial charge < -0.3 is 16.0 Å². The van der Waals surface area contributed by atoms with E-state index in [1.54, 1.807) is 11.3 Å². The Hall–Kier alpha value is -1.76. The molecule has 6 heteroatoms. The number of hydrogen-bond donors (Lipinski definition) is 3. The van der Waals surface area contributed by atoms with Gasteiger partial charge in [-0.1, -0.05) is 36.5 Å². The summed E-state index contributed by atoms with van der Waals surface area (Å²) < 4.78 is 0. The second kappa shape index (κ2) is 6.56. The van der Waals surface area contributed by atoms with Crippen molar-refractivity contribution in [2.75, 3.05) is 5.32 Å². The minimum atomic E-state index is -0.0162. The van der Waals surface area contributed by atoms with Crippen LogP contribution in [0.15, 0.2) is 59.1 Å². The van der Waals surface area contributed by atoms with Crippen molar-refractivity contribution in [2.45, 2.75) is 13.0 Å². The Labute approximate surface area is 144 Å². The van der Waals surface area contributed by atoms with Crippen molar-refractivity contribution in [1.82, 2.24) is 10.6 Å². The van der Waals surface area contributed by atoms with Crippen molar-refractivity contribution < 1.29 is 0 Å². The summed E-state index contributed by atoms with van der Waals surface area (Å²) in [5.41, 5.74) is 2.98. The summed E-state index contributed by atoms with van der Waals surface area (Å²) >= 11 is 12.6.